The number of nitrogens with zero attached hydrogens (tertiary/aromatic N) is 1. The topological polar surface area (TPSA) is 37.4 Å². The summed E-state index contributed by atoms with van der Waals surface area (Å²) in [5.41, 5.74) is 0. The van der Waals surface area contributed by atoms with Crippen molar-refractivity contribution in [2.75, 3.05) is 13.1 Å². The van der Waals surface area contributed by atoms with Crippen molar-refractivity contribution in [2.45, 2.75) is 201 Å². The van der Waals surface area contributed by atoms with Gasteiger partial charge in [-0.2, -0.15) is 0 Å². The van der Waals surface area contributed by atoms with Crippen molar-refractivity contribution < 1.29 is 9.59 Å². The number of piperidine rings is 1. The molecule has 1 rings (SSSR count). The average Bonchev–Trinajstić information content (AvgIpc) is 2.94. The molecule has 0 aromatic rings. The second-order valence-electron chi connectivity index (χ2n) is 13.4. The number of ketones is 1. The van der Waals surface area contributed by atoms with E-state index < -0.39 is 0 Å². The Morgan fingerprint density at radius 2 is 0.975 bits per heavy atom. The van der Waals surface area contributed by atoms with Gasteiger partial charge in [0.2, 0.25) is 5.91 Å². The first-order valence-corrected chi connectivity index (χ1v) is 18.4. The van der Waals surface area contributed by atoms with Gasteiger partial charge in [-0.05, 0) is 25.2 Å². The zero-order chi connectivity index (χ0) is 29.1. The predicted octanol–water partition coefficient (Wildman–Crippen LogP) is 11.6. The van der Waals surface area contributed by atoms with Crippen LogP contribution in [-0.4, -0.2) is 29.7 Å². The molecule has 3 heteroatoms. The van der Waals surface area contributed by atoms with Crippen LogP contribution < -0.4 is 0 Å². The lowest BCUT2D eigenvalue weighted by molar-refractivity contribution is -0.142. The quantitative estimate of drug-likeness (QED) is 0.0851. The van der Waals surface area contributed by atoms with Gasteiger partial charge >= 0.3 is 0 Å². The lowest BCUT2D eigenvalue weighted by Gasteiger charge is -2.36. The van der Waals surface area contributed by atoms with Crippen molar-refractivity contribution in [1.82, 2.24) is 4.90 Å². The fourth-order valence-corrected chi connectivity index (χ4v) is 6.62. The first kappa shape index (κ1) is 37.2. The van der Waals surface area contributed by atoms with Crippen molar-refractivity contribution >= 4 is 11.7 Å². The molecule has 0 saturated carbocycles. The summed E-state index contributed by atoms with van der Waals surface area (Å²) in [6.07, 6.45) is 35.7. The molecule has 1 heterocycles. The summed E-state index contributed by atoms with van der Waals surface area (Å²) in [7, 11) is 0. The van der Waals surface area contributed by atoms with Gasteiger partial charge < -0.3 is 4.90 Å². The fraction of sp³-hybridized carbons (Fsp3) is 0.946. The van der Waals surface area contributed by atoms with E-state index in [1.807, 2.05) is 0 Å². The van der Waals surface area contributed by atoms with Crippen molar-refractivity contribution in [3.05, 3.63) is 0 Å². The minimum Gasteiger partial charge on any atom is -0.342 e. The molecular weight excluding hydrogens is 490 g/mol. The van der Waals surface area contributed by atoms with Crippen LogP contribution in [0.5, 0.6) is 0 Å². The molecule has 1 amide bonds. The predicted molar refractivity (Wildman–Crippen MR) is 175 cm³/mol. The smallest absolute Gasteiger partial charge is 0.226 e. The number of likely N-dealkylation sites (tertiary alicyclic amines) is 1. The Bertz CT molecular complexity index is 589. The molecule has 1 saturated heterocycles. The number of hydrogen-bond donors (Lipinski definition) is 0. The maximum absolute atomic E-state index is 13.0. The summed E-state index contributed by atoms with van der Waals surface area (Å²) < 4.78 is 0. The normalized spacial score (nSPS) is 17.6. The van der Waals surface area contributed by atoms with Crippen LogP contribution in [0.1, 0.15) is 201 Å². The van der Waals surface area contributed by atoms with Crippen LogP contribution >= 0.6 is 0 Å². The van der Waals surface area contributed by atoms with Gasteiger partial charge in [-0.25, -0.2) is 0 Å². The molecule has 2 atom stereocenters. The van der Waals surface area contributed by atoms with Gasteiger partial charge in [0.1, 0.15) is 5.78 Å². The zero-order valence-corrected chi connectivity index (χ0v) is 27.6. The standard InChI is InChI=1S/C37H71NO2/c1-4-6-8-10-12-13-14-15-16-17-18-19-20-21-22-23-24-25-27-29-36(39)32-35-31-34(3)33-38(37(35)40)30-28-26-11-9-7-5-2/h34-35H,4-33H2,1-3H3/t34?,35-/m1/s1. The monoisotopic (exact) mass is 562 g/mol. The highest BCUT2D eigenvalue weighted by Gasteiger charge is 2.33. The molecule has 0 N–H and O–H groups in total. The molecule has 0 aromatic heterocycles. The van der Waals surface area contributed by atoms with Crippen molar-refractivity contribution in [1.29, 1.82) is 0 Å². The second kappa shape index (κ2) is 27.0. The lowest BCUT2D eigenvalue weighted by atomic mass is 9.85. The summed E-state index contributed by atoms with van der Waals surface area (Å²) >= 11 is 0. The van der Waals surface area contributed by atoms with E-state index in [0.29, 0.717) is 24.5 Å². The minimum absolute atomic E-state index is 0.0586. The lowest BCUT2D eigenvalue weighted by Crippen LogP contribution is -2.45. The van der Waals surface area contributed by atoms with E-state index in [9.17, 15) is 9.59 Å². The molecule has 1 aliphatic rings. The van der Waals surface area contributed by atoms with Gasteiger partial charge in [0.25, 0.3) is 0 Å². The zero-order valence-electron chi connectivity index (χ0n) is 27.6. The van der Waals surface area contributed by atoms with Gasteiger partial charge in [-0.1, -0.05) is 168 Å². The Labute approximate surface area is 251 Å². The van der Waals surface area contributed by atoms with Gasteiger partial charge in [-0.15, -0.1) is 0 Å². The third-order valence-corrected chi connectivity index (χ3v) is 9.19. The fourth-order valence-electron chi connectivity index (χ4n) is 6.62. The maximum Gasteiger partial charge on any atom is 0.226 e. The van der Waals surface area contributed by atoms with E-state index in [1.54, 1.807) is 0 Å². The van der Waals surface area contributed by atoms with Gasteiger partial charge in [0, 0.05) is 31.8 Å². The van der Waals surface area contributed by atoms with E-state index in [2.05, 4.69) is 25.7 Å². The Kier molecular flexibility index (Phi) is 25.1. The van der Waals surface area contributed by atoms with E-state index in [1.165, 1.54) is 148 Å². The number of carbonyl (C=O) groups excluding carboxylic acids is 2. The average molecular weight is 562 g/mol. The maximum atomic E-state index is 13.0. The van der Waals surface area contributed by atoms with E-state index in [4.69, 9.17) is 0 Å². The van der Waals surface area contributed by atoms with Crippen LogP contribution in [0.15, 0.2) is 0 Å². The Hall–Kier alpha value is -0.860. The number of unbranched alkanes of at least 4 members (excludes halogenated alkanes) is 23. The van der Waals surface area contributed by atoms with E-state index >= 15 is 0 Å². The summed E-state index contributed by atoms with van der Waals surface area (Å²) in [5.74, 6) is 1.04. The Morgan fingerprint density at radius 3 is 1.40 bits per heavy atom. The van der Waals surface area contributed by atoms with Gasteiger partial charge in [0.05, 0.1) is 0 Å². The van der Waals surface area contributed by atoms with Gasteiger partial charge in [-0.3, -0.25) is 9.59 Å². The Morgan fingerprint density at radius 1 is 0.600 bits per heavy atom. The number of Topliss-reactive ketones (excluding diaryl/α,β-unsaturated/α-hetero) is 1. The molecule has 0 spiro atoms. The molecule has 40 heavy (non-hydrogen) atoms. The molecular formula is C37H71NO2. The highest BCUT2D eigenvalue weighted by Crippen LogP contribution is 2.27. The Balaban J connectivity index is 1.93. The first-order valence-electron chi connectivity index (χ1n) is 18.4. The van der Waals surface area contributed by atoms with Crippen LogP contribution in [0.25, 0.3) is 0 Å². The molecule has 1 aliphatic heterocycles. The molecule has 0 bridgehead atoms. The summed E-state index contributed by atoms with van der Waals surface area (Å²) in [4.78, 5) is 27.7. The third-order valence-electron chi connectivity index (χ3n) is 9.19. The number of amides is 1. The van der Waals surface area contributed by atoms with Crippen LogP contribution in [0.4, 0.5) is 0 Å². The molecule has 0 aromatic carbocycles. The highest BCUT2D eigenvalue weighted by atomic mass is 16.2. The molecule has 1 fully saturated rings. The largest absolute Gasteiger partial charge is 0.342 e. The second-order valence-corrected chi connectivity index (χ2v) is 13.4. The number of rotatable bonds is 29. The van der Waals surface area contributed by atoms with Gasteiger partial charge in [0.15, 0.2) is 0 Å². The number of hydrogen-bond acceptors (Lipinski definition) is 2. The minimum atomic E-state index is -0.0586. The van der Waals surface area contributed by atoms with E-state index in [0.717, 1.165) is 32.4 Å². The van der Waals surface area contributed by atoms with Crippen molar-refractivity contribution in [3.63, 3.8) is 0 Å². The molecule has 0 radical (unpaired) electrons. The molecule has 1 unspecified atom stereocenters. The van der Waals surface area contributed by atoms with E-state index in [-0.39, 0.29) is 11.8 Å². The van der Waals surface area contributed by atoms with Crippen LogP contribution in [0.2, 0.25) is 0 Å². The van der Waals surface area contributed by atoms with Crippen molar-refractivity contribution in [2.24, 2.45) is 11.8 Å². The summed E-state index contributed by atoms with van der Waals surface area (Å²) in [6, 6.07) is 0. The summed E-state index contributed by atoms with van der Waals surface area (Å²) in [5, 5.41) is 0. The SMILES string of the molecule is CCCCCCCCCCCCCCCCCCCCCC(=O)C[C@H]1CC(C)CN(CCCCCCCC)C1=O. The third kappa shape index (κ3) is 20.9. The first-order chi connectivity index (χ1) is 19.6. The molecule has 236 valence electrons. The van der Waals surface area contributed by atoms with Crippen molar-refractivity contribution in [3.8, 4) is 0 Å². The summed E-state index contributed by atoms with van der Waals surface area (Å²) in [6.45, 7) is 8.56. The molecule has 0 aliphatic carbocycles. The van der Waals surface area contributed by atoms with Crippen LogP contribution in [0.3, 0.4) is 0 Å². The highest BCUT2D eigenvalue weighted by molar-refractivity contribution is 5.87. The van der Waals surface area contributed by atoms with Crippen LogP contribution in [-0.2, 0) is 9.59 Å². The number of carbonyl (C=O) groups is 2. The van der Waals surface area contributed by atoms with Crippen LogP contribution in [0, 0.1) is 11.8 Å². The molecule has 3 nitrogen and oxygen atoms in total.